The number of hydrogen-bond donors (Lipinski definition) is 1. The van der Waals surface area contributed by atoms with Gasteiger partial charge in [-0.2, -0.15) is 4.98 Å². The quantitative estimate of drug-likeness (QED) is 0.788. The van der Waals surface area contributed by atoms with Gasteiger partial charge in [-0.15, -0.1) is 0 Å². The molecule has 2 aromatic heterocycles. The maximum absolute atomic E-state index is 6.10. The molecule has 0 fully saturated rings. The maximum Gasteiger partial charge on any atom is 0.244 e. The highest BCUT2D eigenvalue weighted by Gasteiger charge is 2.18. The fourth-order valence-corrected chi connectivity index (χ4v) is 2.04. The van der Waals surface area contributed by atoms with E-state index in [0.717, 1.165) is 11.1 Å². The number of hydrogen-bond acceptors (Lipinski definition) is 5. The molecule has 0 amide bonds. The summed E-state index contributed by atoms with van der Waals surface area (Å²) in [5.41, 5.74) is 8.20. The van der Waals surface area contributed by atoms with E-state index in [4.69, 9.17) is 14.7 Å². The molecule has 5 heteroatoms. The average molecular weight is 269 g/mol. The molecule has 1 atom stereocenters. The number of aromatic nitrogens is 2. The van der Waals surface area contributed by atoms with Gasteiger partial charge in [0.2, 0.25) is 11.7 Å². The number of nitrogens with two attached hydrogens (primary N) is 1. The molecule has 0 spiro atoms. The monoisotopic (exact) mass is 269 g/mol. The van der Waals surface area contributed by atoms with Crippen molar-refractivity contribution >= 4 is 0 Å². The molecule has 0 bridgehead atoms. The molecular formula is C15H15N3O2. The van der Waals surface area contributed by atoms with Gasteiger partial charge >= 0.3 is 0 Å². The standard InChI is InChI=1S/C15H15N3O2/c1-10-7-8-19-13(10)14-17-15(20-18-14)12(16)9-11-5-3-2-4-6-11/h2-8,12H,9,16H2,1H3. The molecule has 0 saturated heterocycles. The van der Waals surface area contributed by atoms with Gasteiger partial charge in [0, 0.05) is 0 Å². The zero-order chi connectivity index (χ0) is 13.9. The third-order valence-electron chi connectivity index (χ3n) is 3.12. The molecule has 20 heavy (non-hydrogen) atoms. The molecule has 3 rings (SSSR count). The highest BCUT2D eigenvalue weighted by Crippen LogP contribution is 2.23. The molecule has 0 aliphatic heterocycles. The highest BCUT2D eigenvalue weighted by atomic mass is 16.5. The van der Waals surface area contributed by atoms with Crippen LogP contribution in [0.4, 0.5) is 0 Å². The van der Waals surface area contributed by atoms with Gasteiger partial charge in [0.25, 0.3) is 0 Å². The van der Waals surface area contributed by atoms with Crippen molar-refractivity contribution in [2.45, 2.75) is 19.4 Å². The molecule has 1 unspecified atom stereocenters. The minimum atomic E-state index is -0.325. The number of furan rings is 1. The van der Waals surface area contributed by atoms with Crippen molar-refractivity contribution in [1.82, 2.24) is 10.1 Å². The van der Waals surface area contributed by atoms with Crippen LogP contribution in [0.25, 0.3) is 11.6 Å². The predicted molar refractivity (Wildman–Crippen MR) is 73.8 cm³/mol. The summed E-state index contributed by atoms with van der Waals surface area (Å²) < 4.78 is 10.6. The molecule has 0 aliphatic rings. The second kappa shape index (κ2) is 5.30. The molecule has 0 aliphatic carbocycles. The number of benzene rings is 1. The van der Waals surface area contributed by atoms with E-state index in [-0.39, 0.29) is 6.04 Å². The second-order valence-electron chi connectivity index (χ2n) is 4.69. The fourth-order valence-electron chi connectivity index (χ4n) is 2.04. The van der Waals surface area contributed by atoms with Crippen LogP contribution in [0.5, 0.6) is 0 Å². The van der Waals surface area contributed by atoms with Crippen molar-refractivity contribution in [3.8, 4) is 11.6 Å². The minimum Gasteiger partial charge on any atom is -0.461 e. The van der Waals surface area contributed by atoms with E-state index in [9.17, 15) is 0 Å². The van der Waals surface area contributed by atoms with Crippen molar-refractivity contribution in [3.05, 3.63) is 59.7 Å². The summed E-state index contributed by atoms with van der Waals surface area (Å²) >= 11 is 0. The van der Waals surface area contributed by atoms with E-state index in [1.807, 2.05) is 43.3 Å². The van der Waals surface area contributed by atoms with Crippen molar-refractivity contribution in [3.63, 3.8) is 0 Å². The summed E-state index contributed by atoms with van der Waals surface area (Å²) in [6.45, 7) is 1.93. The lowest BCUT2D eigenvalue weighted by atomic mass is 10.1. The van der Waals surface area contributed by atoms with Crippen LogP contribution < -0.4 is 5.73 Å². The van der Waals surface area contributed by atoms with E-state index in [0.29, 0.717) is 23.9 Å². The Kier molecular flexibility index (Phi) is 3.35. The van der Waals surface area contributed by atoms with Crippen LogP contribution in [0.15, 0.2) is 51.6 Å². The number of rotatable bonds is 4. The van der Waals surface area contributed by atoms with Gasteiger partial charge in [-0.3, -0.25) is 0 Å². The van der Waals surface area contributed by atoms with Gasteiger partial charge in [-0.1, -0.05) is 35.5 Å². The molecule has 3 aromatic rings. The Bertz CT molecular complexity index is 688. The molecule has 0 radical (unpaired) electrons. The van der Waals surface area contributed by atoms with Crippen LogP contribution in [0.2, 0.25) is 0 Å². The number of aryl methyl sites for hydroxylation is 1. The minimum absolute atomic E-state index is 0.325. The SMILES string of the molecule is Cc1ccoc1-c1noc(C(N)Cc2ccccc2)n1. The predicted octanol–water partition coefficient (Wildman–Crippen LogP) is 2.88. The lowest BCUT2D eigenvalue weighted by Crippen LogP contribution is -2.13. The third kappa shape index (κ3) is 2.48. The summed E-state index contributed by atoms with van der Waals surface area (Å²) in [6, 6.07) is 11.5. The lowest BCUT2D eigenvalue weighted by Gasteiger charge is -2.05. The topological polar surface area (TPSA) is 78.1 Å². The van der Waals surface area contributed by atoms with Gasteiger partial charge in [0.15, 0.2) is 5.76 Å². The van der Waals surface area contributed by atoms with E-state index in [2.05, 4.69) is 10.1 Å². The Morgan fingerprint density at radius 2 is 2.00 bits per heavy atom. The number of nitrogens with zero attached hydrogens (tertiary/aromatic N) is 2. The summed E-state index contributed by atoms with van der Waals surface area (Å²) in [5, 5.41) is 3.92. The Labute approximate surface area is 116 Å². The second-order valence-corrected chi connectivity index (χ2v) is 4.69. The third-order valence-corrected chi connectivity index (χ3v) is 3.12. The summed E-state index contributed by atoms with van der Waals surface area (Å²) in [6.07, 6.45) is 2.25. The molecule has 1 aromatic carbocycles. The zero-order valence-electron chi connectivity index (χ0n) is 11.1. The van der Waals surface area contributed by atoms with Crippen molar-refractivity contribution < 1.29 is 8.94 Å². The Morgan fingerprint density at radius 1 is 1.20 bits per heavy atom. The van der Waals surface area contributed by atoms with E-state index in [1.54, 1.807) is 6.26 Å². The van der Waals surface area contributed by atoms with Crippen LogP contribution in [-0.2, 0) is 6.42 Å². The van der Waals surface area contributed by atoms with E-state index < -0.39 is 0 Å². The van der Waals surface area contributed by atoms with Crippen molar-refractivity contribution in [2.75, 3.05) is 0 Å². The summed E-state index contributed by atoms with van der Waals surface area (Å²) in [5.74, 6) is 1.47. The van der Waals surface area contributed by atoms with Crippen LogP contribution in [-0.4, -0.2) is 10.1 Å². The molecule has 2 heterocycles. The zero-order valence-corrected chi connectivity index (χ0v) is 11.1. The molecule has 5 nitrogen and oxygen atoms in total. The van der Waals surface area contributed by atoms with Gasteiger partial charge in [0.05, 0.1) is 12.3 Å². The van der Waals surface area contributed by atoms with Gasteiger partial charge in [0.1, 0.15) is 0 Å². The van der Waals surface area contributed by atoms with Crippen LogP contribution >= 0.6 is 0 Å². The maximum atomic E-state index is 6.10. The first-order valence-corrected chi connectivity index (χ1v) is 6.41. The van der Waals surface area contributed by atoms with Crippen LogP contribution in [0.3, 0.4) is 0 Å². The molecule has 102 valence electrons. The van der Waals surface area contributed by atoms with Crippen molar-refractivity contribution in [2.24, 2.45) is 5.73 Å². The first kappa shape index (κ1) is 12.6. The highest BCUT2D eigenvalue weighted by molar-refractivity contribution is 5.51. The smallest absolute Gasteiger partial charge is 0.244 e. The van der Waals surface area contributed by atoms with E-state index >= 15 is 0 Å². The van der Waals surface area contributed by atoms with Gasteiger partial charge < -0.3 is 14.7 Å². The fraction of sp³-hybridized carbons (Fsp3) is 0.200. The first-order valence-electron chi connectivity index (χ1n) is 6.41. The Morgan fingerprint density at radius 3 is 2.70 bits per heavy atom. The van der Waals surface area contributed by atoms with Crippen LogP contribution in [0, 0.1) is 6.92 Å². The Balaban J connectivity index is 1.78. The summed E-state index contributed by atoms with van der Waals surface area (Å²) in [4.78, 5) is 4.31. The van der Waals surface area contributed by atoms with Gasteiger partial charge in [-0.05, 0) is 30.5 Å². The van der Waals surface area contributed by atoms with Crippen molar-refractivity contribution in [1.29, 1.82) is 0 Å². The molecule has 2 N–H and O–H groups in total. The van der Waals surface area contributed by atoms with Gasteiger partial charge in [-0.25, -0.2) is 0 Å². The largest absolute Gasteiger partial charge is 0.461 e. The average Bonchev–Trinajstić information content (AvgIpc) is 3.08. The normalized spacial score (nSPS) is 12.5. The Hall–Kier alpha value is -2.40. The molecular weight excluding hydrogens is 254 g/mol. The summed E-state index contributed by atoms with van der Waals surface area (Å²) in [7, 11) is 0. The van der Waals surface area contributed by atoms with E-state index in [1.165, 1.54) is 0 Å². The lowest BCUT2D eigenvalue weighted by molar-refractivity contribution is 0.353. The van der Waals surface area contributed by atoms with Crippen LogP contribution in [0.1, 0.15) is 23.1 Å². The first-order chi connectivity index (χ1) is 9.74. The molecule has 0 saturated carbocycles.